The first-order chi connectivity index (χ1) is 6.41. The molecule has 0 fully saturated rings. The van der Waals surface area contributed by atoms with Gasteiger partial charge >= 0.3 is 0 Å². The summed E-state index contributed by atoms with van der Waals surface area (Å²) in [5.41, 5.74) is 0. The number of hydrogen-bond acceptors (Lipinski definition) is 1. The third-order valence-corrected chi connectivity index (χ3v) is 2.00. The summed E-state index contributed by atoms with van der Waals surface area (Å²) < 4.78 is 5.39. The average molecular weight is 184 g/mol. The van der Waals surface area contributed by atoms with Crippen LogP contribution >= 0.6 is 0 Å². The SMILES string of the molecule is CCCCCC=CCOCCCC. The second-order valence-corrected chi connectivity index (χ2v) is 3.40. The molecule has 0 bridgehead atoms. The van der Waals surface area contributed by atoms with Gasteiger partial charge in [0.1, 0.15) is 0 Å². The van der Waals surface area contributed by atoms with Crippen molar-refractivity contribution in [3.05, 3.63) is 12.2 Å². The van der Waals surface area contributed by atoms with Crippen molar-refractivity contribution in [3.63, 3.8) is 0 Å². The molecular weight excluding hydrogens is 160 g/mol. The van der Waals surface area contributed by atoms with Crippen molar-refractivity contribution in [2.75, 3.05) is 13.2 Å². The maximum Gasteiger partial charge on any atom is 0.0647 e. The van der Waals surface area contributed by atoms with Crippen LogP contribution in [0.5, 0.6) is 0 Å². The quantitative estimate of drug-likeness (QED) is 0.389. The highest BCUT2D eigenvalue weighted by Gasteiger charge is 1.83. The summed E-state index contributed by atoms with van der Waals surface area (Å²) in [5.74, 6) is 0. The van der Waals surface area contributed by atoms with Crippen LogP contribution in [0.15, 0.2) is 12.2 Å². The molecule has 0 aliphatic heterocycles. The Morgan fingerprint density at radius 1 is 0.923 bits per heavy atom. The Kier molecular flexibility index (Phi) is 11.4. The fourth-order valence-electron chi connectivity index (χ4n) is 1.10. The molecule has 1 heteroatoms. The highest BCUT2D eigenvalue weighted by atomic mass is 16.5. The van der Waals surface area contributed by atoms with Crippen LogP contribution in [-0.2, 0) is 4.74 Å². The predicted molar refractivity (Wildman–Crippen MR) is 59.0 cm³/mol. The topological polar surface area (TPSA) is 9.23 Å². The molecular formula is C12H24O. The van der Waals surface area contributed by atoms with Crippen molar-refractivity contribution >= 4 is 0 Å². The molecule has 0 aromatic rings. The van der Waals surface area contributed by atoms with Crippen molar-refractivity contribution in [2.45, 2.75) is 52.4 Å². The van der Waals surface area contributed by atoms with Crippen LogP contribution in [0.4, 0.5) is 0 Å². The molecule has 0 spiro atoms. The molecule has 0 rings (SSSR count). The maximum absolute atomic E-state index is 5.39. The number of rotatable bonds is 9. The molecule has 0 heterocycles. The third kappa shape index (κ3) is 11.7. The summed E-state index contributed by atoms with van der Waals surface area (Å²) in [6, 6.07) is 0. The van der Waals surface area contributed by atoms with Gasteiger partial charge in [-0.2, -0.15) is 0 Å². The molecule has 0 N–H and O–H groups in total. The monoisotopic (exact) mass is 184 g/mol. The van der Waals surface area contributed by atoms with Gasteiger partial charge in [0.15, 0.2) is 0 Å². The minimum absolute atomic E-state index is 0.798. The zero-order valence-corrected chi connectivity index (χ0v) is 9.22. The minimum atomic E-state index is 0.798. The van der Waals surface area contributed by atoms with E-state index >= 15 is 0 Å². The Hall–Kier alpha value is -0.300. The highest BCUT2D eigenvalue weighted by Crippen LogP contribution is 1.99. The molecule has 0 aromatic carbocycles. The first-order valence-electron chi connectivity index (χ1n) is 5.64. The molecule has 0 unspecified atom stereocenters. The molecule has 0 saturated heterocycles. The third-order valence-electron chi connectivity index (χ3n) is 2.00. The summed E-state index contributed by atoms with van der Waals surface area (Å²) in [6.07, 6.45) is 12.0. The normalized spacial score (nSPS) is 11.2. The largest absolute Gasteiger partial charge is 0.377 e. The van der Waals surface area contributed by atoms with Gasteiger partial charge in [-0.3, -0.25) is 0 Å². The lowest BCUT2D eigenvalue weighted by molar-refractivity contribution is 0.159. The lowest BCUT2D eigenvalue weighted by Crippen LogP contribution is -1.92. The second kappa shape index (κ2) is 11.7. The van der Waals surface area contributed by atoms with Gasteiger partial charge in [0.05, 0.1) is 6.61 Å². The summed E-state index contributed by atoms with van der Waals surface area (Å²) in [5, 5.41) is 0. The lowest BCUT2D eigenvalue weighted by atomic mass is 10.2. The number of unbranched alkanes of at least 4 members (excludes halogenated alkanes) is 4. The predicted octanol–water partition coefficient (Wildman–Crippen LogP) is 3.94. The lowest BCUT2D eigenvalue weighted by Gasteiger charge is -1.97. The molecule has 0 atom stereocenters. The molecule has 0 saturated carbocycles. The van der Waals surface area contributed by atoms with Gasteiger partial charge in [0, 0.05) is 6.61 Å². The van der Waals surface area contributed by atoms with E-state index in [1.165, 1.54) is 38.5 Å². The Morgan fingerprint density at radius 3 is 2.38 bits per heavy atom. The van der Waals surface area contributed by atoms with E-state index in [-0.39, 0.29) is 0 Å². The highest BCUT2D eigenvalue weighted by molar-refractivity contribution is 4.81. The summed E-state index contributed by atoms with van der Waals surface area (Å²) in [7, 11) is 0. The molecule has 0 aliphatic carbocycles. The van der Waals surface area contributed by atoms with Gasteiger partial charge in [-0.25, -0.2) is 0 Å². The Balaban J connectivity index is 2.95. The molecule has 0 radical (unpaired) electrons. The van der Waals surface area contributed by atoms with Gasteiger partial charge < -0.3 is 4.74 Å². The van der Waals surface area contributed by atoms with Crippen molar-refractivity contribution in [1.29, 1.82) is 0 Å². The van der Waals surface area contributed by atoms with Crippen LogP contribution in [0.3, 0.4) is 0 Å². The zero-order valence-electron chi connectivity index (χ0n) is 9.22. The van der Waals surface area contributed by atoms with E-state index in [1.54, 1.807) is 0 Å². The first-order valence-corrected chi connectivity index (χ1v) is 5.64. The van der Waals surface area contributed by atoms with Crippen LogP contribution in [0.25, 0.3) is 0 Å². The van der Waals surface area contributed by atoms with Crippen molar-refractivity contribution in [1.82, 2.24) is 0 Å². The average Bonchev–Trinajstić information content (AvgIpc) is 2.16. The molecule has 0 amide bonds. The van der Waals surface area contributed by atoms with E-state index in [4.69, 9.17) is 4.74 Å². The molecule has 78 valence electrons. The number of ether oxygens (including phenoxy) is 1. The Labute approximate surface area is 83.2 Å². The summed E-state index contributed by atoms with van der Waals surface area (Å²) in [6.45, 7) is 6.13. The van der Waals surface area contributed by atoms with Gasteiger partial charge in [-0.15, -0.1) is 0 Å². The van der Waals surface area contributed by atoms with Gasteiger partial charge in [-0.1, -0.05) is 45.3 Å². The Bertz CT molecular complexity index is 108. The fourth-order valence-corrected chi connectivity index (χ4v) is 1.10. The number of allylic oxidation sites excluding steroid dienone is 1. The number of hydrogen-bond donors (Lipinski definition) is 0. The second-order valence-electron chi connectivity index (χ2n) is 3.40. The van der Waals surface area contributed by atoms with Gasteiger partial charge in [0.25, 0.3) is 0 Å². The fraction of sp³-hybridized carbons (Fsp3) is 0.833. The first kappa shape index (κ1) is 12.7. The summed E-state index contributed by atoms with van der Waals surface area (Å²) in [4.78, 5) is 0. The zero-order chi connectivity index (χ0) is 9.78. The van der Waals surface area contributed by atoms with Crippen LogP contribution in [0.1, 0.15) is 52.4 Å². The molecule has 13 heavy (non-hydrogen) atoms. The van der Waals surface area contributed by atoms with Crippen LogP contribution in [0.2, 0.25) is 0 Å². The van der Waals surface area contributed by atoms with Crippen LogP contribution in [-0.4, -0.2) is 13.2 Å². The van der Waals surface area contributed by atoms with Gasteiger partial charge in [0.2, 0.25) is 0 Å². The van der Waals surface area contributed by atoms with E-state index < -0.39 is 0 Å². The molecule has 0 aromatic heterocycles. The Morgan fingerprint density at radius 2 is 1.69 bits per heavy atom. The van der Waals surface area contributed by atoms with Crippen LogP contribution in [0, 0.1) is 0 Å². The van der Waals surface area contributed by atoms with E-state index in [0.717, 1.165) is 13.2 Å². The van der Waals surface area contributed by atoms with Crippen LogP contribution < -0.4 is 0 Å². The van der Waals surface area contributed by atoms with Crippen molar-refractivity contribution in [2.24, 2.45) is 0 Å². The van der Waals surface area contributed by atoms with Crippen molar-refractivity contribution < 1.29 is 4.74 Å². The smallest absolute Gasteiger partial charge is 0.0647 e. The van der Waals surface area contributed by atoms with E-state index in [2.05, 4.69) is 26.0 Å². The maximum atomic E-state index is 5.39. The molecule has 1 nitrogen and oxygen atoms in total. The van der Waals surface area contributed by atoms with E-state index in [9.17, 15) is 0 Å². The van der Waals surface area contributed by atoms with E-state index in [1.807, 2.05) is 0 Å². The molecule has 0 aliphatic rings. The standard InChI is InChI=1S/C12H24O/c1-3-5-7-8-9-10-12-13-11-6-4-2/h9-10H,3-8,11-12H2,1-2H3. The van der Waals surface area contributed by atoms with E-state index in [0.29, 0.717) is 0 Å². The van der Waals surface area contributed by atoms with Crippen molar-refractivity contribution in [3.8, 4) is 0 Å². The minimum Gasteiger partial charge on any atom is -0.377 e. The summed E-state index contributed by atoms with van der Waals surface area (Å²) >= 11 is 0. The van der Waals surface area contributed by atoms with Gasteiger partial charge in [-0.05, 0) is 19.3 Å².